The van der Waals surface area contributed by atoms with Crippen molar-refractivity contribution in [1.82, 2.24) is 9.97 Å². The minimum absolute atomic E-state index is 0.00732. The highest BCUT2D eigenvalue weighted by Crippen LogP contribution is 2.40. The van der Waals surface area contributed by atoms with Crippen molar-refractivity contribution in [3.05, 3.63) is 76.8 Å². The molecule has 0 aliphatic carbocycles. The third-order valence-electron chi connectivity index (χ3n) is 4.96. The van der Waals surface area contributed by atoms with Gasteiger partial charge in [0, 0.05) is 5.56 Å². The quantitative estimate of drug-likeness (QED) is 0.347. The number of hydrogen-bond donors (Lipinski definition) is 1. The minimum atomic E-state index is -4.54. The van der Waals surface area contributed by atoms with Crippen LogP contribution in [0, 0.1) is 0 Å². The second-order valence-corrected chi connectivity index (χ2v) is 8.72. The number of aromatic nitrogens is 2. The summed E-state index contributed by atoms with van der Waals surface area (Å²) in [6.07, 6.45) is -4.54. The summed E-state index contributed by atoms with van der Waals surface area (Å²) in [6, 6.07) is 16.0. The van der Waals surface area contributed by atoms with Crippen molar-refractivity contribution in [3.8, 4) is 22.9 Å². The maximum Gasteiger partial charge on any atom is 0.419 e. The van der Waals surface area contributed by atoms with Crippen LogP contribution >= 0.6 is 11.6 Å². The molecule has 4 rings (SSSR count). The highest BCUT2D eigenvalue weighted by molar-refractivity contribution is 6.32. The number of nitrogens with zero attached hydrogens (tertiary/aromatic N) is 1. The number of halogens is 4. The van der Waals surface area contributed by atoms with E-state index < -0.39 is 11.7 Å². The van der Waals surface area contributed by atoms with E-state index in [0.29, 0.717) is 11.4 Å². The maximum atomic E-state index is 13.3. The van der Waals surface area contributed by atoms with Crippen LogP contribution in [0.1, 0.15) is 31.9 Å². The van der Waals surface area contributed by atoms with Gasteiger partial charge in [-0.3, -0.25) is 0 Å². The van der Waals surface area contributed by atoms with Crippen LogP contribution in [0.4, 0.5) is 13.2 Å². The Morgan fingerprint density at radius 3 is 2.35 bits per heavy atom. The number of para-hydroxylation sites is 1. The number of hydrogen-bond acceptors (Lipinski definition) is 2. The number of fused-ring (bicyclic) bond motifs is 1. The van der Waals surface area contributed by atoms with E-state index in [1.54, 1.807) is 18.2 Å². The lowest BCUT2D eigenvalue weighted by atomic mass is 9.87. The van der Waals surface area contributed by atoms with E-state index in [1.807, 2.05) is 12.1 Å². The molecule has 31 heavy (non-hydrogen) atoms. The molecule has 7 heteroatoms. The van der Waals surface area contributed by atoms with E-state index in [4.69, 9.17) is 16.3 Å². The molecule has 0 spiro atoms. The highest BCUT2D eigenvalue weighted by Gasteiger charge is 2.34. The molecule has 0 bridgehead atoms. The predicted molar refractivity (Wildman–Crippen MR) is 117 cm³/mol. The van der Waals surface area contributed by atoms with Gasteiger partial charge < -0.3 is 9.72 Å². The average Bonchev–Trinajstić information content (AvgIpc) is 3.12. The van der Waals surface area contributed by atoms with Crippen molar-refractivity contribution in [3.63, 3.8) is 0 Å². The van der Waals surface area contributed by atoms with E-state index in [0.717, 1.165) is 17.1 Å². The molecule has 0 saturated heterocycles. The number of alkyl halides is 3. The monoisotopic (exact) mass is 444 g/mol. The van der Waals surface area contributed by atoms with Gasteiger partial charge in [-0.05, 0) is 53.4 Å². The summed E-state index contributed by atoms with van der Waals surface area (Å²) in [7, 11) is 0. The van der Waals surface area contributed by atoms with Crippen molar-refractivity contribution >= 4 is 22.6 Å². The molecule has 0 aliphatic rings. The van der Waals surface area contributed by atoms with Gasteiger partial charge in [0.2, 0.25) is 0 Å². The van der Waals surface area contributed by atoms with Gasteiger partial charge in [-0.1, -0.05) is 50.6 Å². The number of ether oxygens (including phenoxy) is 1. The second-order valence-electron chi connectivity index (χ2n) is 8.31. The smallest absolute Gasteiger partial charge is 0.419 e. The van der Waals surface area contributed by atoms with Gasteiger partial charge in [-0.25, -0.2) is 4.98 Å². The maximum absolute atomic E-state index is 13.3. The summed E-state index contributed by atoms with van der Waals surface area (Å²) >= 11 is 6.21. The molecule has 0 saturated carbocycles. The molecule has 160 valence electrons. The topological polar surface area (TPSA) is 37.9 Å². The summed E-state index contributed by atoms with van der Waals surface area (Å²) in [6.45, 7) is 6.40. The first-order valence-corrected chi connectivity index (χ1v) is 10.0. The molecule has 0 unspecified atom stereocenters. The van der Waals surface area contributed by atoms with Crippen LogP contribution in [0.2, 0.25) is 5.02 Å². The molecule has 0 radical (unpaired) electrons. The molecule has 1 N–H and O–H groups in total. The Balaban J connectivity index is 1.72. The van der Waals surface area contributed by atoms with Crippen LogP contribution in [0.25, 0.3) is 22.4 Å². The molecule has 0 fully saturated rings. The van der Waals surface area contributed by atoms with Crippen molar-refractivity contribution in [1.29, 1.82) is 0 Å². The second kappa shape index (κ2) is 7.61. The zero-order valence-corrected chi connectivity index (χ0v) is 17.9. The fourth-order valence-corrected chi connectivity index (χ4v) is 3.41. The summed E-state index contributed by atoms with van der Waals surface area (Å²) < 4.78 is 45.5. The molecule has 4 aromatic rings. The first kappa shape index (κ1) is 21.2. The van der Waals surface area contributed by atoms with Gasteiger partial charge in [-0.2, -0.15) is 13.2 Å². The van der Waals surface area contributed by atoms with Crippen LogP contribution in [-0.2, 0) is 11.6 Å². The number of imidazole rings is 1. The molecule has 1 heterocycles. The van der Waals surface area contributed by atoms with Crippen LogP contribution in [0.3, 0.4) is 0 Å². The van der Waals surface area contributed by atoms with Gasteiger partial charge in [0.1, 0.15) is 17.3 Å². The largest absolute Gasteiger partial charge is 0.455 e. The fraction of sp³-hybridized carbons (Fsp3) is 0.208. The first-order valence-electron chi connectivity index (χ1n) is 9.66. The third-order valence-corrected chi connectivity index (χ3v) is 5.28. The Labute approximate surface area is 182 Å². The number of aromatic amines is 1. The van der Waals surface area contributed by atoms with Crippen LogP contribution in [0.15, 0.2) is 60.7 Å². The standard InChI is InChI=1S/C24H20ClF3N2O/c1-23(2,3)15-9-11-18-19(13-15)30-22(29-18)14-8-10-17(25)21(12-14)31-20-7-5-4-6-16(20)24(26,27)28/h4-13H,1-3H3,(H,29,30). The number of nitrogens with one attached hydrogen (secondary N) is 1. The van der Waals surface area contributed by atoms with Gasteiger partial charge in [-0.15, -0.1) is 0 Å². The number of benzene rings is 3. The average molecular weight is 445 g/mol. The highest BCUT2D eigenvalue weighted by atomic mass is 35.5. The Hall–Kier alpha value is -2.99. The summed E-state index contributed by atoms with van der Waals surface area (Å²) in [5.41, 5.74) is 2.61. The Bertz CT molecular complexity index is 1260. The van der Waals surface area contributed by atoms with Crippen molar-refractivity contribution in [2.75, 3.05) is 0 Å². The molecule has 0 aliphatic heterocycles. The third kappa shape index (κ3) is 4.39. The van der Waals surface area contributed by atoms with E-state index >= 15 is 0 Å². The van der Waals surface area contributed by atoms with E-state index in [1.165, 1.54) is 23.8 Å². The number of rotatable bonds is 3. The van der Waals surface area contributed by atoms with Crippen molar-refractivity contribution in [2.45, 2.75) is 32.4 Å². The Kier molecular flexibility index (Phi) is 5.21. The molecule has 3 aromatic carbocycles. The Morgan fingerprint density at radius 2 is 1.65 bits per heavy atom. The lowest BCUT2D eigenvalue weighted by molar-refractivity contribution is -0.138. The van der Waals surface area contributed by atoms with E-state index in [2.05, 4.69) is 36.8 Å². The van der Waals surface area contributed by atoms with Crippen LogP contribution < -0.4 is 4.74 Å². The number of H-pyrrole nitrogens is 1. The SMILES string of the molecule is CC(C)(C)c1ccc2nc(-c3ccc(Cl)c(Oc4ccccc4C(F)(F)F)c3)[nH]c2c1. The lowest BCUT2D eigenvalue weighted by Gasteiger charge is -2.18. The molecule has 1 aromatic heterocycles. The van der Waals surface area contributed by atoms with Gasteiger partial charge in [0.05, 0.1) is 21.6 Å². The van der Waals surface area contributed by atoms with E-state index in [-0.39, 0.29) is 21.9 Å². The first-order chi connectivity index (χ1) is 14.5. The molecular weight excluding hydrogens is 425 g/mol. The molecular formula is C24H20ClF3N2O. The van der Waals surface area contributed by atoms with Gasteiger partial charge in [0.15, 0.2) is 0 Å². The molecule has 0 amide bonds. The predicted octanol–water partition coefficient (Wildman–Crippen LogP) is 7.99. The van der Waals surface area contributed by atoms with Crippen LogP contribution in [0.5, 0.6) is 11.5 Å². The van der Waals surface area contributed by atoms with Crippen molar-refractivity contribution in [2.24, 2.45) is 0 Å². The lowest BCUT2D eigenvalue weighted by Crippen LogP contribution is -2.10. The normalized spacial score (nSPS) is 12.4. The summed E-state index contributed by atoms with van der Waals surface area (Å²) in [5.74, 6) is 0.381. The zero-order valence-electron chi connectivity index (χ0n) is 17.1. The van der Waals surface area contributed by atoms with E-state index in [9.17, 15) is 13.2 Å². The van der Waals surface area contributed by atoms with Crippen molar-refractivity contribution < 1.29 is 17.9 Å². The Morgan fingerprint density at radius 1 is 0.903 bits per heavy atom. The van der Waals surface area contributed by atoms with Crippen LogP contribution in [-0.4, -0.2) is 9.97 Å². The van der Waals surface area contributed by atoms with Gasteiger partial charge >= 0.3 is 6.18 Å². The fourth-order valence-electron chi connectivity index (χ4n) is 3.25. The summed E-state index contributed by atoms with van der Waals surface area (Å²) in [5, 5.41) is 0.201. The molecule has 0 atom stereocenters. The molecule has 3 nitrogen and oxygen atoms in total. The summed E-state index contributed by atoms with van der Waals surface area (Å²) in [4.78, 5) is 7.89. The zero-order chi connectivity index (χ0) is 22.4. The van der Waals surface area contributed by atoms with Gasteiger partial charge in [0.25, 0.3) is 0 Å². The minimum Gasteiger partial charge on any atom is -0.455 e.